The fraction of sp³-hybridized carbons (Fsp3) is 0.458. The van der Waals surface area contributed by atoms with Crippen LogP contribution < -0.4 is 0 Å². The first kappa shape index (κ1) is 20.2. The van der Waals surface area contributed by atoms with Crippen molar-refractivity contribution >= 4 is 17.3 Å². The van der Waals surface area contributed by atoms with Crippen molar-refractivity contribution in [2.45, 2.75) is 65.8 Å². The highest BCUT2D eigenvalue weighted by atomic mass is 16.5. The molecule has 1 aliphatic heterocycles. The van der Waals surface area contributed by atoms with Gasteiger partial charge in [-0.3, -0.25) is 4.99 Å². The molecule has 0 N–H and O–H groups in total. The molecule has 1 aromatic carbocycles. The average molecular weight is 378 g/mol. The maximum absolute atomic E-state index is 5.76. The van der Waals surface area contributed by atoms with Crippen LogP contribution in [0.2, 0.25) is 0 Å². The van der Waals surface area contributed by atoms with Gasteiger partial charge in [0, 0.05) is 0 Å². The molecular weight excluding hydrogens is 346 g/mol. The van der Waals surface area contributed by atoms with Crippen LogP contribution in [0.5, 0.6) is 0 Å². The van der Waals surface area contributed by atoms with Gasteiger partial charge in [-0.2, -0.15) is 0 Å². The van der Waals surface area contributed by atoms with Gasteiger partial charge in [-0.05, 0) is 55.9 Å². The maximum atomic E-state index is 5.76. The first-order valence-electron chi connectivity index (χ1n) is 10.1. The number of rotatable bonds is 5. The molecule has 0 aliphatic carbocycles. The van der Waals surface area contributed by atoms with Crippen molar-refractivity contribution < 1.29 is 4.74 Å². The van der Waals surface area contributed by atoms with Crippen molar-refractivity contribution in [3.8, 4) is 0 Å². The molecule has 0 fully saturated rings. The minimum absolute atomic E-state index is 0.196. The highest BCUT2D eigenvalue weighted by molar-refractivity contribution is 6.01. The van der Waals surface area contributed by atoms with E-state index in [1.54, 1.807) is 0 Å². The van der Waals surface area contributed by atoms with Crippen molar-refractivity contribution in [3.05, 3.63) is 58.9 Å². The van der Waals surface area contributed by atoms with Gasteiger partial charge in [0.25, 0.3) is 0 Å². The topological polar surface area (TPSA) is 46.8 Å². The molecule has 3 rings (SSSR count). The summed E-state index contributed by atoms with van der Waals surface area (Å²) in [7, 11) is 0. The third kappa shape index (κ3) is 4.32. The smallest absolute Gasteiger partial charge is 0.236 e. The number of hydrogen-bond acceptors (Lipinski definition) is 4. The number of nitrogens with zero attached hydrogens (tertiary/aromatic N) is 3. The second kappa shape index (κ2) is 7.86. The Bertz CT molecular complexity index is 897. The molecule has 0 spiro atoms. The van der Waals surface area contributed by atoms with Crippen LogP contribution in [-0.2, 0) is 4.74 Å². The number of aromatic nitrogens is 1. The van der Waals surface area contributed by atoms with Crippen LogP contribution in [0, 0.1) is 0 Å². The van der Waals surface area contributed by atoms with Gasteiger partial charge >= 0.3 is 0 Å². The van der Waals surface area contributed by atoms with Gasteiger partial charge in [0.1, 0.15) is 12.3 Å². The molecule has 2 heterocycles. The van der Waals surface area contributed by atoms with Gasteiger partial charge in [0.2, 0.25) is 5.90 Å². The largest absolute Gasteiger partial charge is 0.474 e. The molecule has 0 radical (unpaired) electrons. The third-order valence-electron chi connectivity index (χ3n) is 4.93. The molecule has 1 aromatic heterocycles. The molecule has 0 atom stereocenters. The first-order chi connectivity index (χ1) is 13.2. The SMILES string of the molecule is CC(=Nc1c(C(C)C)cccc1C(C)C)c1cccc(C2=NC(C)(C)CO2)n1. The summed E-state index contributed by atoms with van der Waals surface area (Å²) in [6.07, 6.45) is 0. The number of hydrogen-bond donors (Lipinski definition) is 0. The molecule has 0 bridgehead atoms. The lowest BCUT2D eigenvalue weighted by Gasteiger charge is -2.17. The van der Waals surface area contributed by atoms with Gasteiger partial charge in [0.15, 0.2) is 0 Å². The van der Waals surface area contributed by atoms with E-state index in [-0.39, 0.29) is 5.54 Å². The van der Waals surface area contributed by atoms with Gasteiger partial charge in [-0.25, -0.2) is 9.98 Å². The lowest BCUT2D eigenvalue weighted by Crippen LogP contribution is -2.17. The van der Waals surface area contributed by atoms with Gasteiger partial charge in [-0.15, -0.1) is 0 Å². The molecule has 28 heavy (non-hydrogen) atoms. The summed E-state index contributed by atoms with van der Waals surface area (Å²) in [5.41, 5.74) is 5.93. The second-order valence-corrected chi connectivity index (χ2v) is 8.72. The van der Waals surface area contributed by atoms with E-state index in [2.05, 4.69) is 64.7 Å². The Morgan fingerprint density at radius 1 is 1.00 bits per heavy atom. The monoisotopic (exact) mass is 377 g/mol. The van der Waals surface area contributed by atoms with Crippen molar-refractivity contribution in [3.63, 3.8) is 0 Å². The molecule has 0 unspecified atom stereocenters. The van der Waals surface area contributed by atoms with Crippen LogP contribution >= 0.6 is 0 Å². The molecule has 0 amide bonds. The van der Waals surface area contributed by atoms with Crippen LogP contribution in [0.4, 0.5) is 5.69 Å². The predicted molar refractivity (Wildman–Crippen MR) is 117 cm³/mol. The zero-order valence-corrected chi connectivity index (χ0v) is 18.1. The summed E-state index contributed by atoms with van der Waals surface area (Å²) in [5, 5.41) is 0. The Labute approximate surface area is 168 Å². The summed E-state index contributed by atoms with van der Waals surface area (Å²) in [6.45, 7) is 15.6. The molecule has 1 aliphatic rings. The maximum Gasteiger partial charge on any atom is 0.236 e. The van der Waals surface area contributed by atoms with Crippen molar-refractivity contribution in [1.82, 2.24) is 4.98 Å². The lowest BCUT2D eigenvalue weighted by atomic mass is 9.93. The Hall–Kier alpha value is -2.49. The summed E-state index contributed by atoms with van der Waals surface area (Å²) < 4.78 is 5.76. The number of aliphatic imine (C=N–C) groups is 2. The average Bonchev–Trinajstić information content (AvgIpc) is 3.01. The molecule has 4 nitrogen and oxygen atoms in total. The minimum atomic E-state index is -0.196. The Morgan fingerprint density at radius 3 is 2.14 bits per heavy atom. The van der Waals surface area contributed by atoms with E-state index in [0.717, 1.165) is 22.8 Å². The zero-order valence-electron chi connectivity index (χ0n) is 18.1. The van der Waals surface area contributed by atoms with E-state index in [1.165, 1.54) is 11.1 Å². The van der Waals surface area contributed by atoms with Crippen LogP contribution in [-0.4, -0.2) is 28.7 Å². The number of pyridine rings is 1. The second-order valence-electron chi connectivity index (χ2n) is 8.72. The minimum Gasteiger partial charge on any atom is -0.474 e. The van der Waals surface area contributed by atoms with Crippen molar-refractivity contribution in [2.75, 3.05) is 6.61 Å². The molecule has 0 saturated heterocycles. The lowest BCUT2D eigenvalue weighted by molar-refractivity contribution is 0.279. The summed E-state index contributed by atoms with van der Waals surface area (Å²) in [4.78, 5) is 14.5. The van der Waals surface area contributed by atoms with Crippen LogP contribution in [0.1, 0.15) is 82.8 Å². The highest BCUT2D eigenvalue weighted by Crippen LogP contribution is 2.35. The van der Waals surface area contributed by atoms with Crippen molar-refractivity contribution in [2.24, 2.45) is 9.98 Å². The van der Waals surface area contributed by atoms with Crippen molar-refractivity contribution in [1.29, 1.82) is 0 Å². The Kier molecular flexibility index (Phi) is 5.69. The molecule has 0 saturated carbocycles. The fourth-order valence-electron chi connectivity index (χ4n) is 3.34. The number of benzene rings is 1. The van der Waals surface area contributed by atoms with Gasteiger partial charge in [-0.1, -0.05) is 52.0 Å². The predicted octanol–water partition coefficient (Wildman–Crippen LogP) is 6.02. The third-order valence-corrected chi connectivity index (χ3v) is 4.93. The normalized spacial score (nSPS) is 16.5. The van der Waals surface area contributed by atoms with E-state index < -0.39 is 0 Å². The van der Waals surface area contributed by atoms with Crippen LogP contribution in [0.15, 0.2) is 46.4 Å². The van der Waals surface area contributed by atoms with E-state index in [1.807, 2.05) is 25.1 Å². The summed E-state index contributed by atoms with van der Waals surface area (Å²) >= 11 is 0. The quantitative estimate of drug-likeness (QED) is 0.598. The number of para-hydroxylation sites is 1. The van der Waals surface area contributed by atoms with E-state index in [4.69, 9.17) is 14.7 Å². The van der Waals surface area contributed by atoms with E-state index >= 15 is 0 Å². The standard InChI is InChI=1S/C24H31N3O/c1-15(2)18-10-8-11-19(16(3)4)22(18)25-17(5)20-12-9-13-21(26-20)23-27-24(6,7)14-28-23/h8-13,15-16H,14H2,1-7H3. The highest BCUT2D eigenvalue weighted by Gasteiger charge is 2.27. The summed E-state index contributed by atoms with van der Waals surface area (Å²) in [6, 6.07) is 12.4. The molecule has 2 aromatic rings. The first-order valence-corrected chi connectivity index (χ1v) is 10.1. The van der Waals surface area contributed by atoms with Gasteiger partial charge in [0.05, 0.1) is 22.6 Å². The number of ether oxygens (including phenoxy) is 1. The Morgan fingerprint density at radius 2 is 1.61 bits per heavy atom. The van der Waals surface area contributed by atoms with E-state index in [0.29, 0.717) is 24.3 Å². The van der Waals surface area contributed by atoms with Gasteiger partial charge < -0.3 is 4.74 Å². The van der Waals surface area contributed by atoms with Crippen LogP contribution in [0.25, 0.3) is 0 Å². The molecular formula is C24H31N3O. The zero-order chi connectivity index (χ0) is 20.5. The Balaban J connectivity index is 2.03. The van der Waals surface area contributed by atoms with E-state index in [9.17, 15) is 0 Å². The summed E-state index contributed by atoms with van der Waals surface area (Å²) in [5.74, 6) is 1.44. The fourth-order valence-corrected chi connectivity index (χ4v) is 3.34. The molecule has 148 valence electrons. The molecule has 4 heteroatoms. The van der Waals surface area contributed by atoms with Crippen LogP contribution in [0.3, 0.4) is 0 Å².